The zero-order chi connectivity index (χ0) is 13.1. The summed E-state index contributed by atoms with van der Waals surface area (Å²) in [6.45, 7) is 0. The summed E-state index contributed by atoms with van der Waals surface area (Å²) in [4.78, 5) is 1.25. The number of alkyl halides is 1. The first-order valence-electron chi connectivity index (χ1n) is 5.35. The van der Waals surface area contributed by atoms with Gasteiger partial charge in [-0.3, -0.25) is 0 Å². The molecule has 2 aromatic carbocycles. The molecule has 0 radical (unpaired) electrons. The average Bonchev–Trinajstić information content (AvgIpc) is 2.41. The summed E-state index contributed by atoms with van der Waals surface area (Å²) in [6.07, 6.45) is 2.07. The van der Waals surface area contributed by atoms with Gasteiger partial charge in [0, 0.05) is 13.8 Å². The molecular weight excluding hydrogens is 395 g/mol. The van der Waals surface area contributed by atoms with Gasteiger partial charge in [0.15, 0.2) is 0 Å². The second kappa shape index (κ2) is 6.47. The normalized spacial score (nSPS) is 12.4. The van der Waals surface area contributed by atoms with E-state index in [0.717, 1.165) is 20.1 Å². The minimum atomic E-state index is -0.146. The summed E-state index contributed by atoms with van der Waals surface area (Å²) in [5.74, 6) is 0. The molecule has 0 aliphatic rings. The van der Waals surface area contributed by atoms with E-state index < -0.39 is 0 Å². The molecule has 0 N–H and O–H groups in total. The molecule has 4 heteroatoms. The predicted octanol–water partition coefficient (Wildman–Crippen LogP) is 6.26. The third kappa shape index (κ3) is 3.32. The molecule has 0 heterocycles. The Labute approximate surface area is 133 Å². The fourth-order valence-corrected chi connectivity index (χ4v) is 3.38. The van der Waals surface area contributed by atoms with E-state index in [-0.39, 0.29) is 5.38 Å². The van der Waals surface area contributed by atoms with Gasteiger partial charge < -0.3 is 0 Å². The highest BCUT2D eigenvalue weighted by atomic mass is 79.9. The zero-order valence-corrected chi connectivity index (χ0v) is 14.4. The maximum Gasteiger partial charge on any atom is 0.0846 e. The molecule has 0 bridgehead atoms. The lowest BCUT2D eigenvalue weighted by molar-refractivity contribution is 1.12. The first kappa shape index (κ1) is 14.4. The SMILES string of the molecule is CSc1ccc(C(Cl)c2cc(Br)ccc2Br)cc1. The molecule has 0 fully saturated rings. The van der Waals surface area contributed by atoms with E-state index in [4.69, 9.17) is 11.6 Å². The van der Waals surface area contributed by atoms with Crippen LogP contribution in [0.3, 0.4) is 0 Å². The van der Waals surface area contributed by atoms with Gasteiger partial charge in [-0.25, -0.2) is 0 Å². The summed E-state index contributed by atoms with van der Waals surface area (Å²) >= 11 is 15.3. The molecule has 18 heavy (non-hydrogen) atoms. The first-order valence-corrected chi connectivity index (χ1v) is 8.59. The molecule has 94 valence electrons. The standard InChI is InChI=1S/C14H11Br2ClS/c1-18-11-5-2-9(3-6-11)14(17)12-8-10(15)4-7-13(12)16/h2-8,14H,1H3. The molecule has 0 aliphatic heterocycles. The Morgan fingerprint density at radius 2 is 1.72 bits per heavy atom. The van der Waals surface area contributed by atoms with Crippen LogP contribution < -0.4 is 0 Å². The second-order valence-corrected chi connectivity index (χ2v) is 6.89. The van der Waals surface area contributed by atoms with Gasteiger partial charge in [0.2, 0.25) is 0 Å². The highest BCUT2D eigenvalue weighted by molar-refractivity contribution is 9.11. The minimum Gasteiger partial charge on any atom is -0.130 e. The van der Waals surface area contributed by atoms with Crippen molar-refractivity contribution >= 4 is 55.2 Å². The van der Waals surface area contributed by atoms with Crippen molar-refractivity contribution in [2.45, 2.75) is 10.3 Å². The van der Waals surface area contributed by atoms with Crippen LogP contribution >= 0.6 is 55.2 Å². The lowest BCUT2D eigenvalue weighted by Gasteiger charge is -2.13. The lowest BCUT2D eigenvalue weighted by Crippen LogP contribution is -1.94. The Morgan fingerprint density at radius 1 is 1.06 bits per heavy atom. The van der Waals surface area contributed by atoms with Crippen LogP contribution in [0.2, 0.25) is 0 Å². The summed E-state index contributed by atoms with van der Waals surface area (Å²) in [5, 5.41) is -0.146. The molecular formula is C14H11Br2ClS. The van der Waals surface area contributed by atoms with Crippen LogP contribution in [0, 0.1) is 0 Å². The molecule has 1 atom stereocenters. The molecule has 0 spiro atoms. The van der Waals surface area contributed by atoms with E-state index in [1.54, 1.807) is 11.8 Å². The van der Waals surface area contributed by atoms with E-state index in [1.807, 2.05) is 18.2 Å². The molecule has 0 aliphatic carbocycles. The Balaban J connectivity index is 2.34. The van der Waals surface area contributed by atoms with Crippen molar-refractivity contribution in [2.75, 3.05) is 6.26 Å². The molecule has 2 rings (SSSR count). The van der Waals surface area contributed by atoms with Crippen molar-refractivity contribution in [2.24, 2.45) is 0 Å². The number of benzene rings is 2. The monoisotopic (exact) mass is 404 g/mol. The van der Waals surface area contributed by atoms with Crippen LogP contribution in [0.1, 0.15) is 16.5 Å². The Morgan fingerprint density at radius 3 is 2.33 bits per heavy atom. The number of halogens is 3. The van der Waals surface area contributed by atoms with Gasteiger partial charge >= 0.3 is 0 Å². The predicted molar refractivity (Wildman–Crippen MR) is 87.8 cm³/mol. The quantitative estimate of drug-likeness (QED) is 0.428. The van der Waals surface area contributed by atoms with Crippen LogP contribution in [-0.2, 0) is 0 Å². The highest BCUT2D eigenvalue weighted by Gasteiger charge is 2.14. The third-order valence-electron chi connectivity index (χ3n) is 2.64. The Hall–Kier alpha value is 0.0400. The van der Waals surface area contributed by atoms with E-state index in [0.29, 0.717) is 0 Å². The Bertz CT molecular complexity index is 540. The van der Waals surface area contributed by atoms with Gasteiger partial charge in [-0.05, 0) is 47.7 Å². The third-order valence-corrected chi connectivity index (χ3v) is 5.09. The largest absolute Gasteiger partial charge is 0.130 e. The summed E-state index contributed by atoms with van der Waals surface area (Å²) in [5.41, 5.74) is 2.18. The van der Waals surface area contributed by atoms with Gasteiger partial charge in [-0.2, -0.15) is 0 Å². The lowest BCUT2D eigenvalue weighted by atomic mass is 10.0. The molecule has 2 aromatic rings. The molecule has 0 amide bonds. The summed E-state index contributed by atoms with van der Waals surface area (Å²) in [7, 11) is 0. The first-order chi connectivity index (χ1) is 8.61. The topological polar surface area (TPSA) is 0 Å². The highest BCUT2D eigenvalue weighted by Crippen LogP contribution is 2.35. The van der Waals surface area contributed by atoms with Gasteiger partial charge in [0.25, 0.3) is 0 Å². The fourth-order valence-electron chi connectivity index (χ4n) is 1.66. The number of rotatable bonds is 3. The molecule has 0 nitrogen and oxygen atoms in total. The number of thioether (sulfide) groups is 1. The van der Waals surface area contributed by atoms with Crippen molar-refractivity contribution in [3.8, 4) is 0 Å². The molecule has 0 saturated heterocycles. The van der Waals surface area contributed by atoms with Crippen LogP contribution in [0.4, 0.5) is 0 Å². The molecule has 0 aromatic heterocycles. The van der Waals surface area contributed by atoms with Crippen molar-refractivity contribution < 1.29 is 0 Å². The number of hydrogen-bond acceptors (Lipinski definition) is 1. The Kier molecular flexibility index (Phi) is 5.19. The van der Waals surface area contributed by atoms with Gasteiger partial charge in [0.1, 0.15) is 0 Å². The van der Waals surface area contributed by atoms with Gasteiger partial charge in [-0.15, -0.1) is 23.4 Å². The summed E-state index contributed by atoms with van der Waals surface area (Å²) in [6, 6.07) is 14.4. The van der Waals surface area contributed by atoms with Crippen molar-refractivity contribution in [1.82, 2.24) is 0 Å². The van der Waals surface area contributed by atoms with E-state index in [1.165, 1.54) is 4.90 Å². The van der Waals surface area contributed by atoms with Gasteiger partial charge in [0.05, 0.1) is 5.38 Å². The average molecular weight is 407 g/mol. The van der Waals surface area contributed by atoms with Crippen molar-refractivity contribution in [1.29, 1.82) is 0 Å². The zero-order valence-electron chi connectivity index (χ0n) is 9.66. The van der Waals surface area contributed by atoms with Crippen molar-refractivity contribution in [3.05, 3.63) is 62.5 Å². The molecule has 1 unspecified atom stereocenters. The smallest absolute Gasteiger partial charge is 0.0846 e. The van der Waals surface area contributed by atoms with E-state index >= 15 is 0 Å². The maximum absolute atomic E-state index is 6.55. The summed E-state index contributed by atoms with van der Waals surface area (Å²) < 4.78 is 2.06. The van der Waals surface area contributed by atoms with Crippen LogP contribution in [-0.4, -0.2) is 6.26 Å². The van der Waals surface area contributed by atoms with Crippen LogP contribution in [0.15, 0.2) is 56.3 Å². The van der Waals surface area contributed by atoms with Gasteiger partial charge in [-0.1, -0.05) is 44.0 Å². The fraction of sp³-hybridized carbons (Fsp3) is 0.143. The van der Waals surface area contributed by atoms with Crippen LogP contribution in [0.25, 0.3) is 0 Å². The van der Waals surface area contributed by atoms with Crippen molar-refractivity contribution in [3.63, 3.8) is 0 Å². The number of hydrogen-bond donors (Lipinski definition) is 0. The molecule has 0 saturated carbocycles. The van der Waals surface area contributed by atoms with Crippen LogP contribution in [0.5, 0.6) is 0 Å². The maximum atomic E-state index is 6.55. The second-order valence-electron chi connectivity index (χ2n) is 3.80. The van der Waals surface area contributed by atoms with E-state index in [9.17, 15) is 0 Å². The minimum absolute atomic E-state index is 0.146. The van der Waals surface area contributed by atoms with E-state index in [2.05, 4.69) is 62.4 Å².